The number of carboxylic acids is 1. The van der Waals surface area contributed by atoms with Gasteiger partial charge in [0.25, 0.3) is 6.71 Å². The molecule has 0 unspecified atom stereocenters. The fourth-order valence-electron chi connectivity index (χ4n) is 3.23. The molecule has 1 aliphatic rings. The van der Waals surface area contributed by atoms with Gasteiger partial charge in [0.1, 0.15) is 11.9 Å². The zero-order valence-electron chi connectivity index (χ0n) is 14.4. The van der Waals surface area contributed by atoms with E-state index < -0.39 is 5.97 Å². The third-order valence-corrected chi connectivity index (χ3v) is 4.76. The summed E-state index contributed by atoms with van der Waals surface area (Å²) in [5.74, 6) is 1.93. The number of hydrogen-bond acceptors (Lipinski definition) is 5. The van der Waals surface area contributed by atoms with E-state index in [9.17, 15) is 15.2 Å². The molecule has 2 aromatic rings. The molecule has 6 nitrogen and oxygen atoms in total. The minimum absolute atomic E-state index is 0.0671. The predicted molar refractivity (Wildman–Crippen MR) is 99.3 cm³/mol. The Balaban J connectivity index is 1.96. The molecule has 0 radical (unpaired) electrons. The summed E-state index contributed by atoms with van der Waals surface area (Å²) in [6.45, 7) is 3.37. The van der Waals surface area contributed by atoms with Crippen molar-refractivity contribution in [2.45, 2.75) is 19.6 Å². The van der Waals surface area contributed by atoms with Gasteiger partial charge in [0, 0.05) is 30.8 Å². The van der Waals surface area contributed by atoms with Crippen LogP contribution in [-0.2, 0) is 0 Å². The first-order chi connectivity index (χ1) is 12.5. The van der Waals surface area contributed by atoms with Crippen LogP contribution in [0.1, 0.15) is 21.5 Å². The molecule has 0 amide bonds. The molecular weight excluding hydrogens is 327 g/mol. The molecule has 2 heterocycles. The third kappa shape index (κ3) is 3.38. The molecule has 3 rings (SSSR count). The molecule has 0 bridgehead atoms. The fourth-order valence-corrected chi connectivity index (χ4v) is 3.23. The van der Waals surface area contributed by atoms with Crippen molar-refractivity contribution < 1.29 is 9.90 Å². The summed E-state index contributed by atoms with van der Waals surface area (Å²) in [5.41, 5.74) is 3.05. The van der Waals surface area contributed by atoms with Crippen LogP contribution in [0.25, 0.3) is 11.1 Å². The maximum Gasteiger partial charge on any atom is 0.335 e. The van der Waals surface area contributed by atoms with Gasteiger partial charge in [0.2, 0.25) is 0 Å². The molecule has 1 N–H and O–H groups in total. The summed E-state index contributed by atoms with van der Waals surface area (Å²) in [6.07, 6.45) is 3.22. The van der Waals surface area contributed by atoms with Crippen LogP contribution < -0.4 is 4.90 Å². The first kappa shape index (κ1) is 17.5. The second-order valence-electron chi connectivity index (χ2n) is 6.43. The molecule has 128 valence electrons. The molecule has 1 aromatic carbocycles. The Morgan fingerprint density at radius 1 is 1.27 bits per heavy atom. The van der Waals surface area contributed by atoms with Crippen LogP contribution in [0, 0.1) is 29.5 Å². The van der Waals surface area contributed by atoms with Crippen LogP contribution in [0.3, 0.4) is 0 Å². The predicted octanol–water partition coefficient (Wildman–Crippen LogP) is 3.00. The summed E-state index contributed by atoms with van der Waals surface area (Å²) >= 11 is 0. The van der Waals surface area contributed by atoms with Crippen molar-refractivity contribution in [2.24, 2.45) is 0 Å². The summed E-state index contributed by atoms with van der Waals surface area (Å²) < 4.78 is 0. The summed E-state index contributed by atoms with van der Waals surface area (Å²) in [5, 5.41) is 27.8. The molecule has 1 fully saturated rings. The highest BCUT2D eigenvalue weighted by atomic mass is 16.4. The lowest BCUT2D eigenvalue weighted by molar-refractivity contribution is 0.0697. The number of aromatic nitrogens is 1. The van der Waals surface area contributed by atoms with E-state index in [2.05, 4.69) is 17.0 Å². The van der Waals surface area contributed by atoms with E-state index in [4.69, 9.17) is 5.26 Å². The number of hydrogen-bond donors (Lipinski definition) is 1. The Bertz CT molecular complexity index is 938. The van der Waals surface area contributed by atoms with Crippen molar-refractivity contribution in [3.63, 3.8) is 0 Å². The average Bonchev–Trinajstić information content (AvgIpc) is 2.67. The van der Waals surface area contributed by atoms with Gasteiger partial charge < -0.3 is 10.0 Å². The van der Waals surface area contributed by atoms with Gasteiger partial charge >= 0.3 is 5.97 Å². The largest absolute Gasteiger partial charge is 0.478 e. The molecule has 0 atom stereocenters. The quantitative estimate of drug-likeness (QED) is 0.859. The molecule has 1 aliphatic heterocycles. The number of nitriles is 2. The molecule has 0 spiro atoms. The van der Waals surface area contributed by atoms with Gasteiger partial charge in [-0.3, -0.25) is 0 Å². The lowest BCUT2D eigenvalue weighted by atomic mass is 9.45. The number of carbonyl (C=O) groups is 1. The summed E-state index contributed by atoms with van der Waals surface area (Å²) in [7, 11) is 0. The van der Waals surface area contributed by atoms with Gasteiger partial charge in [0.15, 0.2) is 0 Å². The highest BCUT2D eigenvalue weighted by Crippen LogP contribution is 2.29. The standard InChI is InChI=1S/C19H17BN4O2/c1-13-2-3-14(19(25)26)9-17(13)16-8-15(10-21)18(23-11-16)24-6-4-20(12-22)5-7-24/h2-3,8-9,11H,4-7H2,1H3,(H,25,26). The van der Waals surface area contributed by atoms with Crippen molar-refractivity contribution in [1.29, 1.82) is 10.5 Å². The van der Waals surface area contributed by atoms with Crippen LogP contribution in [0.2, 0.25) is 12.6 Å². The van der Waals surface area contributed by atoms with Crippen molar-refractivity contribution >= 4 is 18.5 Å². The van der Waals surface area contributed by atoms with Crippen LogP contribution in [-0.4, -0.2) is 35.9 Å². The number of pyridine rings is 1. The number of aryl methyl sites for hydroxylation is 1. The second-order valence-corrected chi connectivity index (χ2v) is 6.43. The van der Waals surface area contributed by atoms with E-state index in [0.717, 1.165) is 29.3 Å². The van der Waals surface area contributed by atoms with Gasteiger partial charge in [-0.2, -0.15) is 5.26 Å². The molecule has 7 heteroatoms. The normalized spacial score (nSPS) is 13.8. The van der Waals surface area contributed by atoms with E-state index in [-0.39, 0.29) is 12.3 Å². The van der Waals surface area contributed by atoms with Crippen LogP contribution in [0.5, 0.6) is 0 Å². The van der Waals surface area contributed by atoms with E-state index in [1.165, 1.54) is 0 Å². The second kappa shape index (κ2) is 7.29. The van der Waals surface area contributed by atoms with Crippen molar-refractivity contribution in [3.8, 4) is 23.2 Å². The number of anilines is 1. The number of rotatable bonds is 3. The van der Waals surface area contributed by atoms with Crippen molar-refractivity contribution in [3.05, 3.63) is 47.2 Å². The van der Waals surface area contributed by atoms with Crippen molar-refractivity contribution in [2.75, 3.05) is 18.0 Å². The van der Waals surface area contributed by atoms with E-state index in [1.54, 1.807) is 30.5 Å². The first-order valence-electron chi connectivity index (χ1n) is 8.42. The Labute approximate surface area is 152 Å². The monoisotopic (exact) mass is 344 g/mol. The maximum absolute atomic E-state index is 11.2. The summed E-state index contributed by atoms with van der Waals surface area (Å²) in [6, 6.07) is 8.88. The Morgan fingerprint density at radius 3 is 2.62 bits per heavy atom. The Morgan fingerprint density at radius 2 is 2.00 bits per heavy atom. The lowest BCUT2D eigenvalue weighted by Gasteiger charge is -2.29. The van der Waals surface area contributed by atoms with Crippen molar-refractivity contribution in [1.82, 2.24) is 4.98 Å². The SMILES string of the molecule is Cc1ccc(C(=O)O)cc1-c1cnc(N2CCB(C#N)CC2)c(C#N)c1. The molecule has 1 saturated heterocycles. The first-order valence-corrected chi connectivity index (χ1v) is 8.42. The lowest BCUT2D eigenvalue weighted by Crippen LogP contribution is -2.37. The van der Waals surface area contributed by atoms with Crippen LogP contribution in [0.15, 0.2) is 30.5 Å². The number of aromatic carboxylic acids is 1. The molecule has 1 aromatic heterocycles. The Hall–Kier alpha value is -3.32. The van der Waals surface area contributed by atoms with E-state index >= 15 is 0 Å². The minimum atomic E-state index is -0.989. The number of benzene rings is 1. The zero-order valence-corrected chi connectivity index (χ0v) is 14.4. The average molecular weight is 344 g/mol. The van der Waals surface area contributed by atoms with Crippen LogP contribution >= 0.6 is 0 Å². The summed E-state index contributed by atoms with van der Waals surface area (Å²) in [4.78, 5) is 17.8. The van der Waals surface area contributed by atoms with Gasteiger partial charge in [-0.1, -0.05) is 6.07 Å². The molecular formula is C19H17BN4O2. The van der Waals surface area contributed by atoms with Crippen LogP contribution in [0.4, 0.5) is 5.82 Å². The molecule has 0 saturated carbocycles. The highest BCUT2D eigenvalue weighted by Gasteiger charge is 2.25. The number of carboxylic acid groups (broad SMARTS) is 1. The van der Waals surface area contributed by atoms with Gasteiger partial charge in [-0.25, -0.2) is 15.0 Å². The highest BCUT2D eigenvalue weighted by molar-refractivity contribution is 6.67. The third-order valence-electron chi connectivity index (χ3n) is 4.76. The van der Waals surface area contributed by atoms with E-state index in [0.29, 0.717) is 24.5 Å². The number of nitrogens with zero attached hydrogens (tertiary/aromatic N) is 4. The van der Waals surface area contributed by atoms with E-state index in [1.807, 2.05) is 11.8 Å². The van der Waals surface area contributed by atoms with Gasteiger partial charge in [-0.15, -0.1) is 0 Å². The maximum atomic E-state index is 11.2. The zero-order chi connectivity index (χ0) is 18.7. The topological polar surface area (TPSA) is 101 Å². The molecule has 0 aliphatic carbocycles. The Kier molecular flexibility index (Phi) is 4.91. The minimum Gasteiger partial charge on any atom is -0.478 e. The smallest absolute Gasteiger partial charge is 0.335 e. The van der Waals surface area contributed by atoms with Gasteiger partial charge in [-0.05, 0) is 48.9 Å². The fraction of sp³-hybridized carbons (Fsp3) is 0.263. The molecule has 26 heavy (non-hydrogen) atoms. The van der Waals surface area contributed by atoms with Gasteiger partial charge in [0.05, 0.1) is 11.1 Å².